The van der Waals surface area contributed by atoms with Gasteiger partial charge in [0.25, 0.3) is 5.91 Å². The molecule has 0 radical (unpaired) electrons. The number of aromatic nitrogens is 2. The number of amides is 2. The van der Waals surface area contributed by atoms with Gasteiger partial charge in [0, 0.05) is 22.8 Å². The monoisotopic (exact) mass is 458 g/mol. The number of halogens is 1. The summed E-state index contributed by atoms with van der Waals surface area (Å²) in [5, 5.41) is 7.88. The van der Waals surface area contributed by atoms with Crippen molar-refractivity contribution in [2.45, 2.75) is 64.1 Å². The topological polar surface area (TPSA) is 93.5 Å². The molecular weight excluding hydrogens is 432 g/mol. The smallest absolute Gasteiger partial charge is 0.358 e. The minimum absolute atomic E-state index is 0.0400. The summed E-state index contributed by atoms with van der Waals surface area (Å²) in [4.78, 5) is 40.9. The highest BCUT2D eigenvalue weighted by Gasteiger charge is 2.49. The summed E-state index contributed by atoms with van der Waals surface area (Å²) in [6, 6.07) is 8.34. The van der Waals surface area contributed by atoms with Gasteiger partial charge in [0.05, 0.1) is 13.2 Å². The van der Waals surface area contributed by atoms with E-state index in [1.807, 2.05) is 0 Å². The van der Waals surface area contributed by atoms with Gasteiger partial charge in [0.2, 0.25) is 5.91 Å². The normalized spacial score (nSPS) is 21.2. The number of hydrogen-bond donors (Lipinski definition) is 1. The molecule has 1 aliphatic heterocycles. The van der Waals surface area contributed by atoms with Gasteiger partial charge in [0.15, 0.2) is 5.69 Å². The van der Waals surface area contributed by atoms with E-state index in [9.17, 15) is 14.4 Å². The molecule has 0 spiro atoms. The average Bonchev–Trinajstić information content (AvgIpc) is 3.19. The van der Waals surface area contributed by atoms with Gasteiger partial charge in [-0.25, -0.2) is 4.79 Å². The van der Waals surface area contributed by atoms with Crippen LogP contribution in [0.1, 0.15) is 66.9 Å². The minimum Gasteiger partial charge on any atom is -0.461 e. The van der Waals surface area contributed by atoms with Crippen LogP contribution in [0.4, 0.5) is 5.69 Å². The number of nitrogens with one attached hydrogen (secondary N) is 1. The molecule has 32 heavy (non-hydrogen) atoms. The Balaban J connectivity index is 1.74. The Hall–Kier alpha value is -2.87. The van der Waals surface area contributed by atoms with Crippen LogP contribution < -0.4 is 10.2 Å². The van der Waals surface area contributed by atoms with Gasteiger partial charge < -0.3 is 10.1 Å². The molecule has 1 unspecified atom stereocenters. The second kappa shape index (κ2) is 8.94. The van der Waals surface area contributed by atoms with Crippen LogP contribution in [0.5, 0.6) is 0 Å². The molecule has 1 aromatic carbocycles. The maximum Gasteiger partial charge on any atom is 0.358 e. The Bertz CT molecular complexity index is 1050. The lowest BCUT2D eigenvalue weighted by Crippen LogP contribution is -2.65. The van der Waals surface area contributed by atoms with Crippen molar-refractivity contribution in [2.75, 3.05) is 11.5 Å². The van der Waals surface area contributed by atoms with Crippen LogP contribution in [0, 0.1) is 0 Å². The molecule has 1 fully saturated rings. The van der Waals surface area contributed by atoms with Crippen molar-refractivity contribution in [3.05, 3.63) is 46.7 Å². The summed E-state index contributed by atoms with van der Waals surface area (Å²) in [5.41, 5.74) is -0.493. The van der Waals surface area contributed by atoms with Crippen LogP contribution in [0.3, 0.4) is 0 Å². The number of rotatable bonds is 5. The van der Waals surface area contributed by atoms with E-state index in [1.54, 1.807) is 38.1 Å². The first-order chi connectivity index (χ1) is 15.3. The molecule has 8 nitrogen and oxygen atoms in total. The zero-order valence-electron chi connectivity index (χ0n) is 18.3. The molecule has 9 heteroatoms. The molecule has 0 saturated heterocycles. The van der Waals surface area contributed by atoms with Crippen molar-refractivity contribution >= 4 is 35.1 Å². The largest absolute Gasteiger partial charge is 0.461 e. The van der Waals surface area contributed by atoms with Gasteiger partial charge in [-0.1, -0.05) is 36.9 Å². The fourth-order valence-electron chi connectivity index (χ4n) is 4.49. The third-order valence-corrected chi connectivity index (χ3v) is 6.37. The van der Waals surface area contributed by atoms with Crippen molar-refractivity contribution in [3.63, 3.8) is 0 Å². The number of hydrogen-bond acceptors (Lipinski definition) is 5. The van der Waals surface area contributed by atoms with Crippen molar-refractivity contribution in [1.29, 1.82) is 0 Å². The molecule has 2 aliphatic rings. The van der Waals surface area contributed by atoms with Crippen molar-refractivity contribution in [3.8, 4) is 0 Å². The molecule has 1 aliphatic carbocycles. The number of benzene rings is 1. The molecule has 1 atom stereocenters. The number of ether oxygens (including phenoxy) is 1. The summed E-state index contributed by atoms with van der Waals surface area (Å²) < 4.78 is 6.46. The standard InChI is InChI=1S/C23H27ClN4O4/c1-3-32-21(30)18-13-19-20(29)28(17-11-7-8-15(24)12-17)23(2,14-27(19)26-18)22(31)25-16-9-5-4-6-10-16/h7-8,11-13,16H,3-6,9-10,14H2,1-2H3,(H,25,31). The molecule has 1 N–H and O–H groups in total. The summed E-state index contributed by atoms with van der Waals surface area (Å²) in [6.45, 7) is 3.72. The van der Waals surface area contributed by atoms with Crippen LogP contribution in [0.15, 0.2) is 30.3 Å². The van der Waals surface area contributed by atoms with Crippen LogP contribution in [-0.4, -0.2) is 45.8 Å². The Morgan fingerprint density at radius 1 is 1.25 bits per heavy atom. The van der Waals surface area contributed by atoms with Gasteiger partial charge >= 0.3 is 5.97 Å². The third-order valence-electron chi connectivity index (χ3n) is 6.13. The average molecular weight is 459 g/mol. The van der Waals surface area contributed by atoms with E-state index < -0.39 is 17.4 Å². The van der Waals surface area contributed by atoms with E-state index in [1.165, 1.54) is 22.1 Å². The maximum atomic E-state index is 13.6. The molecule has 2 aromatic rings. The highest BCUT2D eigenvalue weighted by Crippen LogP contribution is 2.34. The van der Waals surface area contributed by atoms with Gasteiger partial charge in [0.1, 0.15) is 11.2 Å². The van der Waals surface area contributed by atoms with E-state index in [-0.39, 0.29) is 36.5 Å². The Morgan fingerprint density at radius 2 is 2.00 bits per heavy atom. The SMILES string of the molecule is CCOC(=O)c1cc2n(n1)CC(C)(C(=O)NC1CCCCC1)N(c1cccc(Cl)c1)C2=O. The molecule has 2 heterocycles. The van der Waals surface area contributed by atoms with Crippen molar-refractivity contribution < 1.29 is 19.1 Å². The lowest BCUT2D eigenvalue weighted by molar-refractivity contribution is -0.127. The van der Waals surface area contributed by atoms with E-state index in [0.717, 1.165) is 25.7 Å². The maximum absolute atomic E-state index is 13.6. The third kappa shape index (κ3) is 4.11. The zero-order chi connectivity index (χ0) is 22.9. The highest BCUT2D eigenvalue weighted by molar-refractivity contribution is 6.31. The summed E-state index contributed by atoms with van der Waals surface area (Å²) in [5.74, 6) is -1.29. The molecule has 170 valence electrons. The molecule has 4 rings (SSSR count). The summed E-state index contributed by atoms with van der Waals surface area (Å²) in [6.07, 6.45) is 5.17. The van der Waals surface area contributed by atoms with Gasteiger partial charge in [-0.3, -0.25) is 19.2 Å². The first kappa shape index (κ1) is 22.3. The minimum atomic E-state index is -1.26. The number of anilines is 1. The van der Waals surface area contributed by atoms with E-state index in [0.29, 0.717) is 10.7 Å². The summed E-state index contributed by atoms with van der Waals surface area (Å²) in [7, 11) is 0. The summed E-state index contributed by atoms with van der Waals surface area (Å²) >= 11 is 6.20. The second-order valence-corrected chi connectivity index (χ2v) is 8.93. The quantitative estimate of drug-likeness (QED) is 0.691. The lowest BCUT2D eigenvalue weighted by atomic mass is 9.91. The van der Waals surface area contributed by atoms with Gasteiger partial charge in [-0.15, -0.1) is 0 Å². The number of esters is 1. The molecule has 1 aromatic heterocycles. The van der Waals surface area contributed by atoms with E-state index in [4.69, 9.17) is 16.3 Å². The zero-order valence-corrected chi connectivity index (χ0v) is 19.0. The Morgan fingerprint density at radius 3 is 2.69 bits per heavy atom. The van der Waals surface area contributed by atoms with E-state index >= 15 is 0 Å². The first-order valence-corrected chi connectivity index (χ1v) is 11.4. The van der Waals surface area contributed by atoms with E-state index in [2.05, 4.69) is 10.4 Å². The van der Waals surface area contributed by atoms with Gasteiger partial charge in [-0.2, -0.15) is 5.10 Å². The van der Waals surface area contributed by atoms with Crippen molar-refractivity contribution in [1.82, 2.24) is 15.1 Å². The lowest BCUT2D eigenvalue weighted by Gasteiger charge is -2.44. The van der Waals surface area contributed by atoms with Crippen LogP contribution in [0.25, 0.3) is 0 Å². The van der Waals surface area contributed by atoms with Crippen LogP contribution in [0.2, 0.25) is 5.02 Å². The first-order valence-electron chi connectivity index (χ1n) is 11.0. The second-order valence-electron chi connectivity index (χ2n) is 8.50. The molecule has 2 amide bonds. The van der Waals surface area contributed by atoms with Crippen molar-refractivity contribution in [2.24, 2.45) is 0 Å². The Labute approximate surface area is 191 Å². The fourth-order valence-corrected chi connectivity index (χ4v) is 4.68. The predicted octanol–water partition coefficient (Wildman–Crippen LogP) is 3.58. The Kier molecular flexibility index (Phi) is 6.24. The number of carbonyl (C=O) groups is 3. The number of carbonyl (C=O) groups excluding carboxylic acids is 3. The fraction of sp³-hybridized carbons (Fsp3) is 0.478. The molecule has 1 saturated carbocycles. The number of nitrogens with zero attached hydrogens (tertiary/aromatic N) is 3. The van der Waals surface area contributed by atoms with Crippen LogP contribution >= 0.6 is 11.6 Å². The van der Waals surface area contributed by atoms with Gasteiger partial charge in [-0.05, 0) is 44.9 Å². The highest BCUT2D eigenvalue weighted by atomic mass is 35.5. The predicted molar refractivity (Wildman–Crippen MR) is 120 cm³/mol. The van der Waals surface area contributed by atoms with Crippen LogP contribution in [-0.2, 0) is 16.1 Å². The number of fused-ring (bicyclic) bond motifs is 1. The molecular formula is C23H27ClN4O4. The molecule has 0 bridgehead atoms.